The van der Waals surface area contributed by atoms with Gasteiger partial charge in [-0.25, -0.2) is 0 Å². The second kappa shape index (κ2) is 18.7. The minimum atomic E-state index is -0.550. The average molecular weight is 130 g/mol. The Morgan fingerprint density at radius 1 is 1.25 bits per heavy atom. The molecule has 0 saturated heterocycles. The minimum absolute atomic E-state index is 0.500. The Morgan fingerprint density at radius 2 is 1.25 bits per heavy atom. The molecule has 4 heavy (non-hydrogen) atoms. The van der Waals surface area contributed by atoms with Crippen LogP contribution in [-0.4, -0.2) is 74.8 Å². The van der Waals surface area contributed by atoms with Crippen molar-refractivity contribution in [1.82, 2.24) is 0 Å². The van der Waals surface area contributed by atoms with Crippen LogP contribution in [0.4, 0.5) is 2.36 Å². The van der Waals surface area contributed by atoms with E-state index in [1.165, 1.54) is 0 Å². The molecule has 0 nitrogen and oxygen atoms in total. The molecular weight excluding hydrogens is 130 g/mol. The van der Waals surface area contributed by atoms with Gasteiger partial charge in [-0.1, -0.05) is 0 Å². The third-order valence-electron chi connectivity index (χ3n) is 0. The first-order chi connectivity index (χ1) is 2.00. The molecule has 0 aromatic heterocycles. The topological polar surface area (TPSA) is 0 Å². The van der Waals surface area contributed by atoms with E-state index in [0.717, 1.165) is 0 Å². The summed E-state index contributed by atoms with van der Waals surface area (Å²) in [4.78, 5) is 0. The van der Waals surface area contributed by atoms with Crippen LogP contribution in [0.3, 0.4) is 0 Å². The molecular formula is F2LiRb. The van der Waals surface area contributed by atoms with Crippen LogP contribution in [0.25, 0.3) is 0 Å². The Morgan fingerprint density at radius 3 is 1.25 bits per heavy atom. The van der Waals surface area contributed by atoms with Crippen LogP contribution < -0.4 is 0 Å². The molecule has 0 atom stereocenters. The first-order valence-corrected chi connectivity index (χ1v) is 2.61. The molecule has 0 aliphatic heterocycles. The summed E-state index contributed by atoms with van der Waals surface area (Å²) < 4.78 is 19.2. The van der Waals surface area contributed by atoms with Crippen molar-refractivity contribution in [2.75, 3.05) is 0 Å². The molecule has 0 rings (SSSR count). The molecule has 0 amide bonds. The molecule has 4 heteroatoms. The van der Waals surface area contributed by atoms with Crippen molar-refractivity contribution >= 4 is 74.8 Å². The molecule has 0 heterocycles. The molecule has 0 fully saturated rings. The predicted molar refractivity (Wildman–Crippen MR) is 13.7 cm³/mol. The van der Waals surface area contributed by atoms with E-state index in [4.69, 9.17) is 0 Å². The second-order valence-corrected chi connectivity index (χ2v) is 0. The summed E-state index contributed by atoms with van der Waals surface area (Å²) in [7, 11) is 0. The fourth-order valence-electron chi connectivity index (χ4n) is 0. The van der Waals surface area contributed by atoms with Gasteiger partial charge >= 0.3 is 77.1 Å². The van der Waals surface area contributed by atoms with Crippen LogP contribution >= 0.6 is 0 Å². The van der Waals surface area contributed by atoms with Crippen molar-refractivity contribution in [3.8, 4) is 0 Å². The Balaban J connectivity index is 0. The molecule has 0 aliphatic rings. The summed E-state index contributed by atoms with van der Waals surface area (Å²) in [6.07, 6.45) is 0. The van der Waals surface area contributed by atoms with E-state index < -0.39 is 56.6 Å². The van der Waals surface area contributed by atoms with Crippen molar-refractivity contribution in [2.24, 2.45) is 0 Å². The summed E-state index contributed by atoms with van der Waals surface area (Å²) in [5.41, 5.74) is 0. The van der Waals surface area contributed by atoms with Gasteiger partial charge in [-0.3, -0.25) is 0 Å². The normalized spacial score (nSPS) is 3.50. The molecule has 0 spiro atoms. The molecule has 0 aromatic carbocycles. The maximum atomic E-state index is 9.71. The van der Waals surface area contributed by atoms with Crippen LogP contribution in [0.5, 0.6) is 0 Å². The van der Waals surface area contributed by atoms with Gasteiger partial charge in [-0.15, -0.1) is 0 Å². The van der Waals surface area contributed by atoms with Crippen molar-refractivity contribution in [3.05, 3.63) is 0 Å². The van der Waals surface area contributed by atoms with Gasteiger partial charge < -0.3 is 0 Å². The zero-order valence-electron chi connectivity index (χ0n) is 2.76. The summed E-state index contributed by atoms with van der Waals surface area (Å²) in [6.45, 7) is 0. The first kappa shape index (κ1) is 9.55. The quantitative estimate of drug-likeness (QED) is 0.408. The van der Waals surface area contributed by atoms with Crippen molar-refractivity contribution in [2.45, 2.75) is 0 Å². The van der Waals surface area contributed by atoms with Gasteiger partial charge in [0.1, 0.15) is 0 Å². The number of rotatable bonds is 0. The van der Waals surface area contributed by atoms with E-state index in [0.29, 0.717) is 18.2 Å². The molecule has 0 bridgehead atoms. The summed E-state index contributed by atoms with van der Waals surface area (Å²) >= 11 is -0.0500. The molecule has 0 N–H and O–H groups in total. The first-order valence-electron chi connectivity index (χ1n) is 0.756. The van der Waals surface area contributed by atoms with E-state index in [-0.39, 0.29) is 0 Å². The Bertz CT molecular complexity index is 6.00. The zero-order valence-corrected chi connectivity index (χ0v) is 7.67. The van der Waals surface area contributed by atoms with E-state index >= 15 is 0 Å². The summed E-state index contributed by atoms with van der Waals surface area (Å²) in [5.74, 6) is 0. The zero-order chi connectivity index (χ0) is 4.00. The van der Waals surface area contributed by atoms with Gasteiger partial charge in [0.25, 0.3) is 0 Å². The van der Waals surface area contributed by atoms with Crippen LogP contribution in [-0.2, 0) is 0 Å². The second-order valence-electron chi connectivity index (χ2n) is 0. The number of hydrogen-bond acceptors (Lipinski definition) is 0. The fraction of sp³-hybridized carbons (Fsp3) is 0. The van der Waals surface area contributed by atoms with Crippen molar-refractivity contribution in [3.63, 3.8) is 0 Å². The van der Waals surface area contributed by atoms with Gasteiger partial charge in [-0.05, 0) is 0 Å². The van der Waals surface area contributed by atoms with Crippen LogP contribution in [0, 0.1) is 0 Å². The molecule has 0 unspecified atom stereocenters. The Hall–Kier alpha value is 2.26. The van der Waals surface area contributed by atoms with Gasteiger partial charge in [0, 0.05) is 0 Å². The average Bonchev–Trinajstić information content (AvgIpc) is 1.50. The monoisotopic (exact) mass is 130 g/mol. The van der Waals surface area contributed by atoms with E-state index in [1.54, 1.807) is 0 Å². The molecule has 16 valence electrons. The van der Waals surface area contributed by atoms with Crippen LogP contribution in [0.2, 0.25) is 0 Å². The molecule has 0 aliphatic carbocycles. The van der Waals surface area contributed by atoms with E-state index in [9.17, 15) is 2.36 Å². The van der Waals surface area contributed by atoms with Crippen molar-refractivity contribution < 1.29 is 2.36 Å². The summed E-state index contributed by atoms with van der Waals surface area (Å²) in [6, 6.07) is 0. The van der Waals surface area contributed by atoms with E-state index in [2.05, 4.69) is 0 Å². The summed E-state index contributed by atoms with van der Waals surface area (Å²) in [5, 5.41) is 0. The third-order valence-corrected chi connectivity index (χ3v) is 0. The van der Waals surface area contributed by atoms with Crippen LogP contribution in [0.15, 0.2) is 0 Å². The number of halogens is 2. The Kier molecular flexibility index (Phi) is 44.6. The fourth-order valence-corrected chi connectivity index (χ4v) is 0. The predicted octanol–water partition coefficient (Wildman–Crippen LogP) is 0.0788. The molecule has 0 aromatic rings. The Labute approximate surface area is 75.1 Å². The molecule has 0 saturated carbocycles. The molecule has 0 radical (unpaired) electrons. The maximum absolute atomic E-state index is 9.71. The van der Waals surface area contributed by atoms with Crippen LogP contribution in [0.1, 0.15) is 0 Å². The number of hydrogen-bond donors (Lipinski definition) is 0. The van der Waals surface area contributed by atoms with E-state index in [1.807, 2.05) is 0 Å². The van der Waals surface area contributed by atoms with Crippen molar-refractivity contribution in [1.29, 1.82) is 0 Å². The third kappa shape index (κ3) is 8.86. The SMILES string of the molecule is [F][Rb].[Li][F]. The van der Waals surface area contributed by atoms with Gasteiger partial charge in [-0.2, -0.15) is 0 Å². The van der Waals surface area contributed by atoms with Gasteiger partial charge in [0.05, 0.1) is 0 Å². The standard InChI is InChI=1S/2FH.Li.Rb/h2*1H;;/q;;2*+1/p-2. The van der Waals surface area contributed by atoms with Gasteiger partial charge in [0.15, 0.2) is 0 Å². The van der Waals surface area contributed by atoms with Gasteiger partial charge in [0.2, 0.25) is 0 Å².